The molecular formula is C13H16FO. The number of ether oxygens (including phenoxy) is 1. The fourth-order valence-electron chi connectivity index (χ4n) is 1.27. The number of hydrogen-bond acceptors (Lipinski definition) is 1. The molecule has 0 saturated carbocycles. The van der Waals surface area contributed by atoms with E-state index in [4.69, 9.17) is 4.74 Å². The van der Waals surface area contributed by atoms with Gasteiger partial charge >= 0.3 is 0 Å². The van der Waals surface area contributed by atoms with E-state index in [1.54, 1.807) is 6.07 Å². The molecule has 81 valence electrons. The first kappa shape index (κ1) is 11.8. The highest BCUT2D eigenvalue weighted by Crippen LogP contribution is 2.12. The van der Waals surface area contributed by atoms with E-state index in [2.05, 4.69) is 12.6 Å². The van der Waals surface area contributed by atoms with Crippen LogP contribution in [-0.2, 0) is 0 Å². The summed E-state index contributed by atoms with van der Waals surface area (Å²) in [5.41, 5.74) is 0. The molecule has 0 bridgehead atoms. The van der Waals surface area contributed by atoms with Crippen LogP contribution in [0.3, 0.4) is 0 Å². The molecular weight excluding hydrogens is 191 g/mol. The SMILES string of the molecule is C=CCCCCCOc1cc[c]c(F)c1. The van der Waals surface area contributed by atoms with Gasteiger partial charge in [0, 0.05) is 12.1 Å². The highest BCUT2D eigenvalue weighted by Gasteiger charge is 1.95. The molecule has 1 aromatic carbocycles. The Hall–Kier alpha value is -1.31. The van der Waals surface area contributed by atoms with Crippen LogP contribution in [-0.4, -0.2) is 6.61 Å². The molecule has 0 heterocycles. The summed E-state index contributed by atoms with van der Waals surface area (Å²) in [6, 6.07) is 7.03. The standard InChI is InChI=1S/C13H16FO/c1-2-3-4-5-6-10-15-13-9-7-8-12(14)11-13/h2,7,9,11H,1,3-6,10H2. The average molecular weight is 207 g/mol. The second kappa shape index (κ2) is 7.04. The summed E-state index contributed by atoms with van der Waals surface area (Å²) in [7, 11) is 0. The number of halogens is 1. The van der Waals surface area contributed by atoms with E-state index in [1.807, 2.05) is 6.08 Å². The van der Waals surface area contributed by atoms with Crippen molar-refractivity contribution in [2.75, 3.05) is 6.61 Å². The van der Waals surface area contributed by atoms with Gasteiger partial charge in [-0.1, -0.05) is 6.08 Å². The van der Waals surface area contributed by atoms with Crippen LogP contribution in [0.1, 0.15) is 25.7 Å². The molecule has 0 N–H and O–H groups in total. The number of hydrogen-bond donors (Lipinski definition) is 0. The summed E-state index contributed by atoms with van der Waals surface area (Å²) >= 11 is 0. The van der Waals surface area contributed by atoms with E-state index in [-0.39, 0.29) is 5.82 Å². The molecule has 1 rings (SSSR count). The van der Waals surface area contributed by atoms with Crippen LogP contribution in [0.15, 0.2) is 30.9 Å². The number of rotatable bonds is 7. The van der Waals surface area contributed by atoms with E-state index in [9.17, 15) is 4.39 Å². The summed E-state index contributed by atoms with van der Waals surface area (Å²) in [6.07, 6.45) is 6.23. The lowest BCUT2D eigenvalue weighted by Crippen LogP contribution is -1.97. The highest BCUT2D eigenvalue weighted by molar-refractivity contribution is 5.21. The molecule has 1 radical (unpaired) electrons. The van der Waals surface area contributed by atoms with Crippen molar-refractivity contribution in [2.45, 2.75) is 25.7 Å². The van der Waals surface area contributed by atoms with Gasteiger partial charge in [-0.3, -0.25) is 0 Å². The van der Waals surface area contributed by atoms with Crippen LogP contribution in [0.4, 0.5) is 4.39 Å². The van der Waals surface area contributed by atoms with Crippen molar-refractivity contribution in [1.29, 1.82) is 0 Å². The van der Waals surface area contributed by atoms with Crippen LogP contribution in [0.5, 0.6) is 5.75 Å². The lowest BCUT2D eigenvalue weighted by molar-refractivity contribution is 0.304. The Labute approximate surface area is 90.6 Å². The van der Waals surface area contributed by atoms with Crippen molar-refractivity contribution in [3.8, 4) is 5.75 Å². The average Bonchev–Trinajstić information content (AvgIpc) is 2.23. The number of allylic oxidation sites excluding steroid dienone is 1. The van der Waals surface area contributed by atoms with Crippen molar-refractivity contribution >= 4 is 0 Å². The van der Waals surface area contributed by atoms with E-state index in [0.717, 1.165) is 25.7 Å². The van der Waals surface area contributed by atoms with Gasteiger partial charge in [0.2, 0.25) is 0 Å². The van der Waals surface area contributed by atoms with Gasteiger partial charge in [0.05, 0.1) is 6.61 Å². The zero-order chi connectivity index (χ0) is 10.9. The molecule has 0 fully saturated rings. The quantitative estimate of drug-likeness (QED) is 0.488. The second-order valence-corrected chi connectivity index (χ2v) is 3.36. The van der Waals surface area contributed by atoms with Crippen molar-refractivity contribution in [3.05, 3.63) is 42.7 Å². The van der Waals surface area contributed by atoms with E-state index in [0.29, 0.717) is 12.4 Å². The number of benzene rings is 1. The Morgan fingerprint density at radius 3 is 3.00 bits per heavy atom. The number of unbranched alkanes of at least 4 members (excludes halogenated alkanes) is 3. The zero-order valence-electron chi connectivity index (χ0n) is 8.84. The van der Waals surface area contributed by atoms with Gasteiger partial charge in [0.15, 0.2) is 0 Å². The summed E-state index contributed by atoms with van der Waals surface area (Å²) in [5, 5.41) is 0. The topological polar surface area (TPSA) is 9.23 Å². The minimum Gasteiger partial charge on any atom is -0.493 e. The Balaban J connectivity index is 2.12. The molecule has 2 heteroatoms. The molecule has 0 aliphatic carbocycles. The van der Waals surface area contributed by atoms with Crippen molar-refractivity contribution in [2.24, 2.45) is 0 Å². The molecule has 0 aliphatic rings. The largest absolute Gasteiger partial charge is 0.493 e. The van der Waals surface area contributed by atoms with Crippen LogP contribution in [0.25, 0.3) is 0 Å². The van der Waals surface area contributed by atoms with Gasteiger partial charge in [0.1, 0.15) is 11.6 Å². The summed E-state index contributed by atoms with van der Waals surface area (Å²) in [4.78, 5) is 0. The lowest BCUT2D eigenvalue weighted by Gasteiger charge is -2.05. The van der Waals surface area contributed by atoms with Gasteiger partial charge in [-0.25, -0.2) is 4.39 Å². The third-order valence-corrected chi connectivity index (χ3v) is 2.06. The lowest BCUT2D eigenvalue weighted by atomic mass is 10.2. The summed E-state index contributed by atoms with van der Waals surface area (Å²) < 4.78 is 18.1. The molecule has 0 aromatic heterocycles. The Kier molecular flexibility index (Phi) is 5.52. The smallest absolute Gasteiger partial charge is 0.134 e. The fraction of sp³-hybridized carbons (Fsp3) is 0.385. The van der Waals surface area contributed by atoms with Gasteiger partial charge in [0.25, 0.3) is 0 Å². The minimum absolute atomic E-state index is 0.376. The Morgan fingerprint density at radius 1 is 1.40 bits per heavy atom. The molecule has 0 spiro atoms. The maximum atomic E-state index is 12.7. The molecule has 0 unspecified atom stereocenters. The predicted octanol–water partition coefficient (Wildman–Crippen LogP) is 3.75. The maximum Gasteiger partial charge on any atom is 0.134 e. The van der Waals surface area contributed by atoms with Crippen LogP contribution in [0.2, 0.25) is 0 Å². The van der Waals surface area contributed by atoms with Crippen LogP contribution < -0.4 is 4.74 Å². The van der Waals surface area contributed by atoms with Gasteiger partial charge < -0.3 is 4.74 Å². The van der Waals surface area contributed by atoms with E-state index >= 15 is 0 Å². The predicted molar refractivity (Wildman–Crippen MR) is 59.4 cm³/mol. The monoisotopic (exact) mass is 207 g/mol. The van der Waals surface area contributed by atoms with Crippen molar-refractivity contribution in [1.82, 2.24) is 0 Å². The third-order valence-electron chi connectivity index (χ3n) is 2.06. The fourth-order valence-corrected chi connectivity index (χ4v) is 1.27. The second-order valence-electron chi connectivity index (χ2n) is 3.36. The van der Waals surface area contributed by atoms with Gasteiger partial charge in [-0.05, 0) is 37.8 Å². The van der Waals surface area contributed by atoms with Crippen LogP contribution >= 0.6 is 0 Å². The van der Waals surface area contributed by atoms with E-state index < -0.39 is 0 Å². The Bertz CT molecular complexity index is 296. The molecule has 1 nitrogen and oxygen atoms in total. The first-order valence-electron chi connectivity index (χ1n) is 5.24. The van der Waals surface area contributed by atoms with E-state index in [1.165, 1.54) is 12.1 Å². The molecule has 0 atom stereocenters. The third kappa shape index (κ3) is 5.21. The van der Waals surface area contributed by atoms with Crippen molar-refractivity contribution < 1.29 is 9.13 Å². The summed E-state index contributed by atoms with van der Waals surface area (Å²) in [6.45, 7) is 4.30. The Morgan fingerprint density at radius 2 is 2.27 bits per heavy atom. The first-order valence-corrected chi connectivity index (χ1v) is 5.24. The molecule has 15 heavy (non-hydrogen) atoms. The zero-order valence-corrected chi connectivity index (χ0v) is 8.84. The van der Waals surface area contributed by atoms with Gasteiger partial charge in [-0.15, -0.1) is 6.58 Å². The molecule has 0 amide bonds. The van der Waals surface area contributed by atoms with Crippen molar-refractivity contribution in [3.63, 3.8) is 0 Å². The molecule has 0 aliphatic heterocycles. The maximum absolute atomic E-state index is 12.7. The summed E-state index contributed by atoms with van der Waals surface area (Å²) in [5.74, 6) is 0.203. The highest BCUT2D eigenvalue weighted by atomic mass is 19.1. The first-order chi connectivity index (χ1) is 7.33. The molecule has 1 aromatic rings. The minimum atomic E-state index is -0.376. The van der Waals surface area contributed by atoms with Gasteiger partial charge in [-0.2, -0.15) is 0 Å². The van der Waals surface area contributed by atoms with Crippen LogP contribution in [0, 0.1) is 11.9 Å². The molecule has 0 saturated heterocycles. The normalized spacial score (nSPS) is 9.93.